The zero-order chi connectivity index (χ0) is 10.1. The average molecular weight is 339 g/mol. The lowest BCUT2D eigenvalue weighted by atomic mass is 10.5. The first-order chi connectivity index (χ1) is 6.70. The van der Waals surface area contributed by atoms with E-state index in [0.29, 0.717) is 11.8 Å². The van der Waals surface area contributed by atoms with Crippen LogP contribution in [0.25, 0.3) is 10.8 Å². The van der Waals surface area contributed by atoms with Gasteiger partial charge in [0, 0.05) is 4.47 Å². The minimum atomic E-state index is 0.265. The molecule has 0 aliphatic heterocycles. The Balaban J connectivity index is 2.39. The summed E-state index contributed by atoms with van der Waals surface area (Å²) in [6.45, 7) is 0.265. The second-order valence-corrected chi connectivity index (χ2v) is 5.66. The topological polar surface area (TPSA) is 64.9 Å². The quantitative estimate of drug-likeness (QED) is 0.914. The Kier molecular flexibility index (Phi) is 3.01. The summed E-state index contributed by atoms with van der Waals surface area (Å²) >= 11 is 8.30. The molecule has 0 amide bonds. The van der Waals surface area contributed by atoms with Crippen LogP contribution in [0.4, 0.5) is 0 Å². The molecule has 0 saturated carbocycles. The van der Waals surface area contributed by atoms with Crippen molar-refractivity contribution in [1.82, 2.24) is 10.2 Å². The van der Waals surface area contributed by atoms with Crippen molar-refractivity contribution in [2.75, 3.05) is 0 Å². The van der Waals surface area contributed by atoms with Crippen LogP contribution < -0.4 is 5.73 Å². The maximum Gasteiger partial charge on any atom is 0.257 e. The number of thiophene rings is 1. The van der Waals surface area contributed by atoms with Crippen molar-refractivity contribution in [2.45, 2.75) is 6.54 Å². The summed E-state index contributed by atoms with van der Waals surface area (Å²) in [5.41, 5.74) is 5.36. The van der Waals surface area contributed by atoms with Crippen LogP contribution in [0.15, 0.2) is 18.7 Å². The molecular formula is C7H5Br2N3OS. The molecule has 2 rings (SSSR count). The minimum absolute atomic E-state index is 0.265. The van der Waals surface area contributed by atoms with Crippen LogP contribution in [-0.2, 0) is 6.54 Å². The van der Waals surface area contributed by atoms with Gasteiger partial charge >= 0.3 is 0 Å². The first kappa shape index (κ1) is 10.3. The molecule has 0 spiro atoms. The maximum atomic E-state index is 5.36. The van der Waals surface area contributed by atoms with Gasteiger partial charge in [-0.1, -0.05) is 0 Å². The van der Waals surface area contributed by atoms with E-state index < -0.39 is 0 Å². The molecule has 7 heteroatoms. The Morgan fingerprint density at radius 3 is 2.71 bits per heavy atom. The van der Waals surface area contributed by atoms with E-state index in [1.807, 2.05) is 6.07 Å². The average Bonchev–Trinajstić information content (AvgIpc) is 2.74. The van der Waals surface area contributed by atoms with E-state index in [2.05, 4.69) is 42.1 Å². The van der Waals surface area contributed by atoms with Crippen molar-refractivity contribution < 1.29 is 4.42 Å². The molecule has 0 saturated heterocycles. The third-order valence-electron chi connectivity index (χ3n) is 1.50. The molecule has 0 aromatic carbocycles. The SMILES string of the molecule is NCc1nnc(-c2cc(Br)c(Br)s2)o1. The van der Waals surface area contributed by atoms with Gasteiger partial charge in [0.1, 0.15) is 0 Å². The summed E-state index contributed by atoms with van der Waals surface area (Å²) in [6.07, 6.45) is 0. The van der Waals surface area contributed by atoms with Gasteiger partial charge in [0.25, 0.3) is 5.89 Å². The summed E-state index contributed by atoms with van der Waals surface area (Å²) in [5.74, 6) is 0.947. The Morgan fingerprint density at radius 2 is 2.21 bits per heavy atom. The number of nitrogens with zero attached hydrogens (tertiary/aromatic N) is 2. The van der Waals surface area contributed by atoms with E-state index in [-0.39, 0.29) is 6.54 Å². The smallest absolute Gasteiger partial charge is 0.257 e. The number of halogens is 2. The predicted octanol–water partition coefficient (Wildman–Crippen LogP) is 2.78. The van der Waals surface area contributed by atoms with E-state index in [9.17, 15) is 0 Å². The highest BCUT2D eigenvalue weighted by Crippen LogP contribution is 2.37. The summed E-state index contributed by atoms with van der Waals surface area (Å²) in [4.78, 5) is 0.913. The van der Waals surface area contributed by atoms with Crippen LogP contribution >= 0.6 is 43.2 Å². The fourth-order valence-electron chi connectivity index (χ4n) is 0.888. The Bertz CT molecular complexity index is 434. The van der Waals surface area contributed by atoms with Crippen molar-refractivity contribution in [3.63, 3.8) is 0 Å². The number of hydrogen-bond acceptors (Lipinski definition) is 5. The van der Waals surface area contributed by atoms with Gasteiger partial charge in [-0.15, -0.1) is 21.5 Å². The van der Waals surface area contributed by atoms with Gasteiger partial charge in [-0.3, -0.25) is 0 Å². The van der Waals surface area contributed by atoms with Crippen LogP contribution in [0.2, 0.25) is 0 Å². The van der Waals surface area contributed by atoms with E-state index in [1.165, 1.54) is 11.3 Å². The van der Waals surface area contributed by atoms with Gasteiger partial charge in [-0.05, 0) is 37.9 Å². The lowest BCUT2D eigenvalue weighted by Gasteiger charge is -1.84. The normalized spacial score (nSPS) is 10.8. The number of nitrogens with two attached hydrogens (primary N) is 1. The molecule has 2 heterocycles. The van der Waals surface area contributed by atoms with E-state index in [0.717, 1.165) is 13.1 Å². The molecule has 2 aromatic heterocycles. The third-order valence-corrected chi connectivity index (χ3v) is 4.74. The Morgan fingerprint density at radius 1 is 1.43 bits per heavy atom. The molecule has 2 aromatic rings. The van der Waals surface area contributed by atoms with Crippen LogP contribution in [-0.4, -0.2) is 10.2 Å². The van der Waals surface area contributed by atoms with Crippen LogP contribution in [0.1, 0.15) is 5.89 Å². The number of hydrogen-bond donors (Lipinski definition) is 1. The van der Waals surface area contributed by atoms with Crippen LogP contribution in [0.5, 0.6) is 0 Å². The maximum absolute atomic E-state index is 5.36. The fraction of sp³-hybridized carbons (Fsp3) is 0.143. The summed E-state index contributed by atoms with van der Waals surface area (Å²) < 4.78 is 7.29. The number of rotatable bonds is 2. The first-order valence-electron chi connectivity index (χ1n) is 3.68. The van der Waals surface area contributed by atoms with Gasteiger partial charge in [-0.2, -0.15) is 0 Å². The minimum Gasteiger partial charge on any atom is -0.419 e. The van der Waals surface area contributed by atoms with Crippen molar-refractivity contribution in [2.24, 2.45) is 5.73 Å². The molecule has 2 N–H and O–H groups in total. The second-order valence-electron chi connectivity index (χ2n) is 2.44. The van der Waals surface area contributed by atoms with Crippen LogP contribution in [0, 0.1) is 0 Å². The molecule has 0 fully saturated rings. The van der Waals surface area contributed by atoms with Gasteiger partial charge in [-0.25, -0.2) is 0 Å². The standard InChI is InChI=1S/C7H5Br2N3OS/c8-3-1-4(14-6(3)9)7-12-11-5(2-10)13-7/h1H,2,10H2. The molecule has 0 radical (unpaired) electrons. The monoisotopic (exact) mass is 337 g/mol. The van der Waals surface area contributed by atoms with Crippen molar-refractivity contribution in [3.05, 3.63) is 20.2 Å². The molecule has 0 unspecified atom stereocenters. The van der Waals surface area contributed by atoms with Gasteiger partial charge in [0.15, 0.2) is 0 Å². The molecule has 0 bridgehead atoms. The third kappa shape index (κ3) is 1.90. The second kappa shape index (κ2) is 4.09. The van der Waals surface area contributed by atoms with Gasteiger partial charge < -0.3 is 10.2 Å². The predicted molar refractivity (Wildman–Crippen MR) is 60.9 cm³/mol. The molecule has 4 nitrogen and oxygen atoms in total. The zero-order valence-electron chi connectivity index (χ0n) is 6.83. The highest BCUT2D eigenvalue weighted by Gasteiger charge is 2.12. The number of aromatic nitrogens is 2. The molecule has 14 heavy (non-hydrogen) atoms. The summed E-state index contributed by atoms with van der Waals surface area (Å²) in [6, 6.07) is 1.92. The molecule has 0 aliphatic rings. The van der Waals surface area contributed by atoms with E-state index in [4.69, 9.17) is 10.2 Å². The van der Waals surface area contributed by atoms with Crippen molar-refractivity contribution >= 4 is 43.2 Å². The summed E-state index contributed by atoms with van der Waals surface area (Å²) in [7, 11) is 0. The zero-order valence-corrected chi connectivity index (χ0v) is 10.8. The molecule has 0 aliphatic carbocycles. The largest absolute Gasteiger partial charge is 0.419 e. The summed E-state index contributed by atoms with van der Waals surface area (Å²) in [5, 5.41) is 7.67. The lowest BCUT2D eigenvalue weighted by molar-refractivity contribution is 0.509. The molecule has 0 atom stereocenters. The Hall–Kier alpha value is -0.240. The van der Waals surface area contributed by atoms with Crippen LogP contribution in [0.3, 0.4) is 0 Å². The lowest BCUT2D eigenvalue weighted by Crippen LogP contribution is -1.95. The van der Waals surface area contributed by atoms with E-state index in [1.54, 1.807) is 0 Å². The van der Waals surface area contributed by atoms with Crippen molar-refractivity contribution in [1.29, 1.82) is 0 Å². The highest BCUT2D eigenvalue weighted by molar-refractivity contribution is 9.13. The van der Waals surface area contributed by atoms with Crippen molar-refractivity contribution in [3.8, 4) is 10.8 Å². The Labute approximate surface area is 101 Å². The molecular weight excluding hydrogens is 334 g/mol. The highest BCUT2D eigenvalue weighted by atomic mass is 79.9. The fourth-order valence-corrected chi connectivity index (χ4v) is 2.84. The van der Waals surface area contributed by atoms with Gasteiger partial charge in [0.2, 0.25) is 5.89 Å². The first-order valence-corrected chi connectivity index (χ1v) is 6.08. The van der Waals surface area contributed by atoms with E-state index >= 15 is 0 Å². The van der Waals surface area contributed by atoms with Gasteiger partial charge in [0.05, 0.1) is 15.2 Å². The molecule has 74 valence electrons.